The maximum Gasteiger partial charge on any atom is 0.257 e. The number of carbonyl (C=O) groups is 1. The minimum atomic E-state index is -0.472. The standard InChI is InChI=1S/C16H14ClFN2OS/c1-10-2-5-12(6-3-10)15(21)20-16(22)19-9-11-4-7-14(18)13(17)8-11/h2-8H,9H2,1H3,(H2,19,20,21,22). The highest BCUT2D eigenvalue weighted by Gasteiger charge is 2.07. The molecule has 0 unspecified atom stereocenters. The van der Waals surface area contributed by atoms with E-state index in [1.54, 1.807) is 18.2 Å². The molecule has 3 nitrogen and oxygen atoms in total. The summed E-state index contributed by atoms with van der Waals surface area (Å²) >= 11 is 10.8. The fourth-order valence-electron chi connectivity index (χ4n) is 1.76. The lowest BCUT2D eigenvalue weighted by Gasteiger charge is -2.10. The van der Waals surface area contributed by atoms with E-state index in [-0.39, 0.29) is 16.0 Å². The molecular formula is C16H14ClFN2OS. The van der Waals surface area contributed by atoms with Gasteiger partial charge in [0.15, 0.2) is 5.11 Å². The van der Waals surface area contributed by atoms with Gasteiger partial charge < -0.3 is 5.32 Å². The zero-order valence-electron chi connectivity index (χ0n) is 11.8. The largest absolute Gasteiger partial charge is 0.358 e. The summed E-state index contributed by atoms with van der Waals surface area (Å²) in [6.07, 6.45) is 0. The van der Waals surface area contributed by atoms with E-state index < -0.39 is 5.82 Å². The molecule has 2 aromatic rings. The number of amides is 1. The van der Waals surface area contributed by atoms with Crippen molar-refractivity contribution in [3.05, 3.63) is 70.0 Å². The summed E-state index contributed by atoms with van der Waals surface area (Å²) in [7, 11) is 0. The van der Waals surface area contributed by atoms with Crippen molar-refractivity contribution < 1.29 is 9.18 Å². The second-order valence-corrected chi connectivity index (χ2v) is 5.57. The Hall–Kier alpha value is -1.98. The SMILES string of the molecule is Cc1ccc(C(=O)NC(=S)NCc2ccc(F)c(Cl)c2)cc1. The number of benzene rings is 2. The Morgan fingerprint density at radius 2 is 1.91 bits per heavy atom. The van der Waals surface area contributed by atoms with Crippen LogP contribution in [-0.4, -0.2) is 11.0 Å². The smallest absolute Gasteiger partial charge is 0.257 e. The molecule has 1 amide bonds. The Labute approximate surface area is 138 Å². The molecule has 2 aromatic carbocycles. The van der Waals surface area contributed by atoms with Gasteiger partial charge in [0.1, 0.15) is 5.82 Å². The quantitative estimate of drug-likeness (QED) is 0.842. The van der Waals surface area contributed by atoms with Crippen LogP contribution in [0.1, 0.15) is 21.5 Å². The van der Waals surface area contributed by atoms with Gasteiger partial charge in [-0.15, -0.1) is 0 Å². The highest BCUT2D eigenvalue weighted by molar-refractivity contribution is 7.80. The topological polar surface area (TPSA) is 41.1 Å². The van der Waals surface area contributed by atoms with Crippen LogP contribution in [0.5, 0.6) is 0 Å². The molecule has 6 heteroatoms. The highest BCUT2D eigenvalue weighted by atomic mass is 35.5. The van der Waals surface area contributed by atoms with Crippen molar-refractivity contribution in [2.75, 3.05) is 0 Å². The summed E-state index contributed by atoms with van der Waals surface area (Å²) in [6, 6.07) is 11.6. The molecule has 0 radical (unpaired) electrons. The second-order valence-electron chi connectivity index (χ2n) is 4.75. The normalized spacial score (nSPS) is 10.1. The van der Waals surface area contributed by atoms with Gasteiger partial charge in [0.25, 0.3) is 5.91 Å². The Kier molecular flexibility index (Phi) is 5.46. The molecule has 2 N–H and O–H groups in total. The first-order valence-electron chi connectivity index (χ1n) is 6.55. The fraction of sp³-hybridized carbons (Fsp3) is 0.125. The molecule has 22 heavy (non-hydrogen) atoms. The lowest BCUT2D eigenvalue weighted by atomic mass is 10.1. The molecule has 0 bridgehead atoms. The van der Waals surface area contributed by atoms with Crippen LogP contribution in [0.2, 0.25) is 5.02 Å². The van der Waals surface area contributed by atoms with Crippen LogP contribution < -0.4 is 10.6 Å². The molecule has 0 aliphatic carbocycles. The van der Waals surface area contributed by atoms with Crippen LogP contribution in [0.15, 0.2) is 42.5 Å². The van der Waals surface area contributed by atoms with Gasteiger partial charge in [-0.3, -0.25) is 10.1 Å². The first kappa shape index (κ1) is 16.4. The molecule has 0 aliphatic rings. The first-order chi connectivity index (χ1) is 10.5. The molecule has 2 rings (SSSR count). The van der Waals surface area contributed by atoms with Crippen molar-refractivity contribution in [3.8, 4) is 0 Å². The van der Waals surface area contributed by atoms with E-state index in [0.29, 0.717) is 12.1 Å². The van der Waals surface area contributed by atoms with Crippen LogP contribution in [-0.2, 0) is 6.54 Å². The van der Waals surface area contributed by atoms with Gasteiger partial charge in [-0.05, 0) is 49.0 Å². The fourth-order valence-corrected chi connectivity index (χ4v) is 2.12. The second kappa shape index (κ2) is 7.33. The van der Waals surface area contributed by atoms with Crippen LogP contribution >= 0.6 is 23.8 Å². The molecule has 114 valence electrons. The lowest BCUT2D eigenvalue weighted by Crippen LogP contribution is -2.38. The highest BCUT2D eigenvalue weighted by Crippen LogP contribution is 2.15. The molecule has 0 saturated carbocycles. The van der Waals surface area contributed by atoms with Crippen molar-refractivity contribution >= 4 is 34.8 Å². The van der Waals surface area contributed by atoms with Crippen LogP contribution in [0.3, 0.4) is 0 Å². The van der Waals surface area contributed by atoms with Crippen LogP contribution in [0, 0.1) is 12.7 Å². The van der Waals surface area contributed by atoms with Gasteiger partial charge in [0.2, 0.25) is 0 Å². The van der Waals surface area contributed by atoms with Gasteiger partial charge in [0.05, 0.1) is 5.02 Å². The lowest BCUT2D eigenvalue weighted by molar-refractivity contribution is 0.0976. The van der Waals surface area contributed by atoms with E-state index in [4.69, 9.17) is 23.8 Å². The molecule has 0 aliphatic heterocycles. The van der Waals surface area contributed by atoms with Gasteiger partial charge >= 0.3 is 0 Å². The summed E-state index contributed by atoms with van der Waals surface area (Å²) in [5, 5.41) is 5.71. The van der Waals surface area contributed by atoms with Crippen LogP contribution in [0.25, 0.3) is 0 Å². The van der Waals surface area contributed by atoms with Crippen molar-refractivity contribution in [2.24, 2.45) is 0 Å². The average molecular weight is 337 g/mol. The van der Waals surface area contributed by atoms with E-state index >= 15 is 0 Å². The van der Waals surface area contributed by atoms with Gasteiger partial charge in [-0.25, -0.2) is 4.39 Å². The van der Waals surface area contributed by atoms with Crippen molar-refractivity contribution in [1.82, 2.24) is 10.6 Å². The van der Waals surface area contributed by atoms with Gasteiger partial charge in [-0.1, -0.05) is 35.4 Å². The van der Waals surface area contributed by atoms with Crippen molar-refractivity contribution in [1.29, 1.82) is 0 Å². The number of hydrogen-bond acceptors (Lipinski definition) is 2. The van der Waals surface area contributed by atoms with E-state index in [0.717, 1.165) is 11.1 Å². The van der Waals surface area contributed by atoms with E-state index in [1.807, 2.05) is 19.1 Å². The summed E-state index contributed by atoms with van der Waals surface area (Å²) in [5.74, 6) is -0.754. The van der Waals surface area contributed by atoms with E-state index in [9.17, 15) is 9.18 Å². The Morgan fingerprint density at radius 1 is 1.23 bits per heavy atom. The molecule has 0 saturated heterocycles. The number of halogens is 2. The van der Waals surface area contributed by atoms with Gasteiger partial charge in [0, 0.05) is 12.1 Å². The van der Waals surface area contributed by atoms with Crippen molar-refractivity contribution in [3.63, 3.8) is 0 Å². The van der Waals surface area contributed by atoms with Crippen molar-refractivity contribution in [2.45, 2.75) is 13.5 Å². The molecule has 0 fully saturated rings. The predicted molar refractivity (Wildman–Crippen MR) is 89.5 cm³/mol. The molecule has 0 aromatic heterocycles. The predicted octanol–water partition coefficient (Wildman–Crippen LogP) is 3.59. The minimum Gasteiger partial charge on any atom is -0.358 e. The third-order valence-electron chi connectivity index (χ3n) is 2.98. The maximum atomic E-state index is 13.1. The first-order valence-corrected chi connectivity index (χ1v) is 7.34. The average Bonchev–Trinajstić information content (AvgIpc) is 2.49. The summed E-state index contributed by atoms with van der Waals surface area (Å²) in [4.78, 5) is 12.0. The zero-order valence-corrected chi connectivity index (χ0v) is 13.4. The van der Waals surface area contributed by atoms with Gasteiger partial charge in [-0.2, -0.15) is 0 Å². The number of hydrogen-bond donors (Lipinski definition) is 2. The maximum absolute atomic E-state index is 13.1. The number of thiocarbonyl (C=S) groups is 1. The number of carbonyl (C=O) groups excluding carboxylic acids is 1. The third kappa shape index (κ3) is 4.51. The summed E-state index contributed by atoms with van der Waals surface area (Å²) in [5.41, 5.74) is 2.36. The molecule has 0 spiro atoms. The minimum absolute atomic E-state index is 0.0499. The number of nitrogens with one attached hydrogen (secondary N) is 2. The summed E-state index contributed by atoms with van der Waals surface area (Å²) < 4.78 is 13.1. The zero-order chi connectivity index (χ0) is 16.1. The number of aryl methyl sites for hydroxylation is 1. The third-order valence-corrected chi connectivity index (χ3v) is 3.51. The Balaban J connectivity index is 1.88. The molecular weight excluding hydrogens is 323 g/mol. The Bertz CT molecular complexity index is 704. The van der Waals surface area contributed by atoms with Crippen LogP contribution in [0.4, 0.5) is 4.39 Å². The molecule has 0 atom stereocenters. The summed E-state index contributed by atoms with van der Waals surface area (Å²) in [6.45, 7) is 2.29. The molecule has 0 heterocycles. The van der Waals surface area contributed by atoms with E-state index in [1.165, 1.54) is 12.1 Å². The van der Waals surface area contributed by atoms with E-state index in [2.05, 4.69) is 10.6 Å². The number of rotatable bonds is 3. The monoisotopic (exact) mass is 336 g/mol. The Morgan fingerprint density at radius 3 is 2.55 bits per heavy atom.